The first kappa shape index (κ1) is 21.2. The molecule has 0 aliphatic carbocycles. The molecule has 0 aromatic heterocycles. The Morgan fingerprint density at radius 3 is 2.17 bits per heavy atom. The summed E-state index contributed by atoms with van der Waals surface area (Å²) in [6, 6.07) is 11.3. The Morgan fingerprint density at radius 1 is 0.967 bits per heavy atom. The molecule has 0 spiro atoms. The fraction of sp³-hybridized carbons (Fsp3) is 0.250. The molecule has 0 fully saturated rings. The Balaban J connectivity index is 1.68. The molecule has 2 amide bonds. The van der Waals surface area contributed by atoms with E-state index in [0.717, 1.165) is 10.5 Å². The third-order valence-electron chi connectivity index (χ3n) is 4.93. The standard InChI is InChI=1S/C24H23NO5/c1-5-12-25-21(27)18-11-8-16(13-19(18)22(25)28)23(29)30-14-20(26)15-6-9-17(10-7-15)24(2,3)4/h5-11,13H,1,12,14H2,2-4H3. The monoisotopic (exact) mass is 405 g/mol. The van der Waals surface area contributed by atoms with Crippen molar-refractivity contribution in [2.45, 2.75) is 26.2 Å². The lowest BCUT2D eigenvalue weighted by molar-refractivity contribution is 0.0474. The van der Waals surface area contributed by atoms with E-state index in [0.29, 0.717) is 5.56 Å². The smallest absolute Gasteiger partial charge is 0.338 e. The molecule has 0 saturated carbocycles. The molecule has 3 rings (SSSR count). The van der Waals surface area contributed by atoms with Gasteiger partial charge in [0.25, 0.3) is 11.8 Å². The number of esters is 1. The molecular formula is C24H23NO5. The van der Waals surface area contributed by atoms with Crippen LogP contribution in [0.25, 0.3) is 0 Å². The van der Waals surface area contributed by atoms with Crippen LogP contribution in [-0.4, -0.2) is 41.6 Å². The summed E-state index contributed by atoms with van der Waals surface area (Å²) in [4.78, 5) is 50.4. The zero-order valence-electron chi connectivity index (χ0n) is 17.2. The van der Waals surface area contributed by atoms with Crippen LogP contribution in [0.4, 0.5) is 0 Å². The summed E-state index contributed by atoms with van der Waals surface area (Å²) in [6.45, 7) is 9.45. The average Bonchev–Trinajstić information content (AvgIpc) is 2.96. The minimum Gasteiger partial charge on any atom is -0.454 e. The minimum absolute atomic E-state index is 0.0261. The molecule has 6 heteroatoms. The number of imide groups is 1. The van der Waals surface area contributed by atoms with E-state index in [-0.39, 0.29) is 34.4 Å². The van der Waals surface area contributed by atoms with E-state index in [9.17, 15) is 19.2 Å². The molecule has 0 bridgehead atoms. The van der Waals surface area contributed by atoms with Crippen LogP contribution in [0, 0.1) is 0 Å². The quantitative estimate of drug-likeness (QED) is 0.316. The second-order valence-electron chi connectivity index (χ2n) is 8.10. The Hall–Kier alpha value is -3.54. The number of benzene rings is 2. The van der Waals surface area contributed by atoms with Crippen molar-refractivity contribution in [2.24, 2.45) is 0 Å². The molecule has 2 aromatic carbocycles. The van der Waals surface area contributed by atoms with Gasteiger partial charge >= 0.3 is 5.97 Å². The van der Waals surface area contributed by atoms with Gasteiger partial charge in [-0.1, -0.05) is 51.1 Å². The molecule has 6 nitrogen and oxygen atoms in total. The van der Waals surface area contributed by atoms with Gasteiger partial charge in [0, 0.05) is 12.1 Å². The number of rotatable bonds is 6. The maximum Gasteiger partial charge on any atom is 0.338 e. The predicted molar refractivity (Wildman–Crippen MR) is 112 cm³/mol. The van der Waals surface area contributed by atoms with E-state index in [1.807, 2.05) is 12.1 Å². The molecule has 1 heterocycles. The van der Waals surface area contributed by atoms with Gasteiger partial charge in [0.15, 0.2) is 12.4 Å². The normalized spacial score (nSPS) is 13.2. The number of ether oxygens (including phenoxy) is 1. The molecule has 1 aliphatic rings. The molecular weight excluding hydrogens is 382 g/mol. The van der Waals surface area contributed by atoms with Gasteiger partial charge in [-0.15, -0.1) is 6.58 Å². The lowest BCUT2D eigenvalue weighted by Gasteiger charge is -2.18. The Morgan fingerprint density at radius 2 is 1.57 bits per heavy atom. The van der Waals surface area contributed by atoms with Crippen LogP contribution in [0.1, 0.15) is 67.8 Å². The number of hydrogen-bond acceptors (Lipinski definition) is 5. The van der Waals surface area contributed by atoms with E-state index in [1.54, 1.807) is 12.1 Å². The van der Waals surface area contributed by atoms with Gasteiger partial charge in [0.05, 0.1) is 16.7 Å². The second-order valence-corrected chi connectivity index (χ2v) is 8.10. The minimum atomic E-state index is -0.736. The number of hydrogen-bond donors (Lipinski definition) is 0. The molecule has 2 aromatic rings. The van der Waals surface area contributed by atoms with Crippen LogP contribution in [0.3, 0.4) is 0 Å². The third-order valence-corrected chi connectivity index (χ3v) is 4.93. The van der Waals surface area contributed by atoms with Gasteiger partial charge in [0.2, 0.25) is 0 Å². The molecule has 30 heavy (non-hydrogen) atoms. The molecule has 154 valence electrons. The SMILES string of the molecule is C=CCN1C(=O)c2ccc(C(=O)OCC(=O)c3ccc(C(C)(C)C)cc3)cc2C1=O. The molecule has 0 N–H and O–H groups in total. The van der Waals surface area contributed by atoms with Crippen molar-refractivity contribution in [3.8, 4) is 0 Å². The highest BCUT2D eigenvalue weighted by atomic mass is 16.5. The highest BCUT2D eigenvalue weighted by molar-refractivity contribution is 6.22. The zero-order valence-corrected chi connectivity index (χ0v) is 17.2. The zero-order chi connectivity index (χ0) is 22.1. The molecule has 0 atom stereocenters. The summed E-state index contributed by atoms with van der Waals surface area (Å²) >= 11 is 0. The Kier molecular flexibility index (Phi) is 5.69. The Bertz CT molecular complexity index is 1040. The van der Waals surface area contributed by atoms with Crippen molar-refractivity contribution in [2.75, 3.05) is 13.2 Å². The van der Waals surface area contributed by atoms with Crippen LogP contribution in [-0.2, 0) is 10.2 Å². The van der Waals surface area contributed by atoms with E-state index >= 15 is 0 Å². The average molecular weight is 405 g/mol. The first-order valence-corrected chi connectivity index (χ1v) is 9.55. The fourth-order valence-electron chi connectivity index (χ4n) is 3.17. The van der Waals surface area contributed by atoms with E-state index in [1.165, 1.54) is 24.3 Å². The van der Waals surface area contributed by atoms with Crippen molar-refractivity contribution in [3.63, 3.8) is 0 Å². The van der Waals surface area contributed by atoms with Crippen LogP contribution in [0.5, 0.6) is 0 Å². The van der Waals surface area contributed by atoms with Gasteiger partial charge in [0.1, 0.15) is 0 Å². The first-order chi connectivity index (χ1) is 14.1. The number of nitrogens with zero attached hydrogens (tertiary/aromatic N) is 1. The third kappa shape index (κ3) is 4.08. The van der Waals surface area contributed by atoms with Crippen molar-refractivity contribution in [1.82, 2.24) is 4.90 Å². The van der Waals surface area contributed by atoms with E-state index in [2.05, 4.69) is 27.4 Å². The largest absolute Gasteiger partial charge is 0.454 e. The number of Topliss-reactive ketones (excluding diaryl/α,β-unsaturated/α-hetero) is 1. The van der Waals surface area contributed by atoms with Crippen LogP contribution < -0.4 is 0 Å². The lowest BCUT2D eigenvalue weighted by atomic mass is 9.86. The van der Waals surface area contributed by atoms with Crippen molar-refractivity contribution in [1.29, 1.82) is 0 Å². The highest BCUT2D eigenvalue weighted by Crippen LogP contribution is 2.25. The highest BCUT2D eigenvalue weighted by Gasteiger charge is 2.35. The lowest BCUT2D eigenvalue weighted by Crippen LogP contribution is -2.29. The number of carbonyl (C=O) groups excluding carboxylic acids is 4. The summed E-state index contributed by atoms with van der Waals surface area (Å²) in [7, 11) is 0. The van der Waals surface area contributed by atoms with Crippen molar-refractivity contribution >= 4 is 23.6 Å². The number of fused-ring (bicyclic) bond motifs is 1. The van der Waals surface area contributed by atoms with Gasteiger partial charge in [-0.3, -0.25) is 19.3 Å². The summed E-state index contributed by atoms with van der Waals surface area (Å²) in [5.74, 6) is -1.98. The van der Waals surface area contributed by atoms with Crippen molar-refractivity contribution < 1.29 is 23.9 Å². The predicted octanol–water partition coefficient (Wildman–Crippen LogP) is 3.81. The van der Waals surface area contributed by atoms with E-state index < -0.39 is 24.4 Å². The van der Waals surface area contributed by atoms with Gasteiger partial charge in [-0.25, -0.2) is 4.79 Å². The maximum atomic E-state index is 12.4. The van der Waals surface area contributed by atoms with Gasteiger partial charge < -0.3 is 4.74 Å². The van der Waals surface area contributed by atoms with Crippen LogP contribution in [0.15, 0.2) is 55.1 Å². The van der Waals surface area contributed by atoms with Crippen molar-refractivity contribution in [3.05, 3.63) is 82.9 Å². The van der Waals surface area contributed by atoms with E-state index in [4.69, 9.17) is 4.74 Å². The summed E-state index contributed by atoms with van der Waals surface area (Å²) in [6.07, 6.45) is 1.45. The summed E-state index contributed by atoms with van der Waals surface area (Å²) in [5, 5.41) is 0. The molecule has 0 unspecified atom stereocenters. The molecule has 0 radical (unpaired) electrons. The summed E-state index contributed by atoms with van der Waals surface area (Å²) in [5.41, 5.74) is 1.99. The topological polar surface area (TPSA) is 80.8 Å². The fourth-order valence-corrected chi connectivity index (χ4v) is 3.17. The van der Waals surface area contributed by atoms with Crippen LogP contribution in [0.2, 0.25) is 0 Å². The number of carbonyl (C=O) groups is 4. The first-order valence-electron chi connectivity index (χ1n) is 9.55. The molecule has 0 saturated heterocycles. The summed E-state index contributed by atoms with van der Waals surface area (Å²) < 4.78 is 5.12. The second kappa shape index (κ2) is 8.06. The van der Waals surface area contributed by atoms with Gasteiger partial charge in [-0.05, 0) is 29.2 Å². The molecule has 1 aliphatic heterocycles. The van der Waals surface area contributed by atoms with Crippen LogP contribution >= 0.6 is 0 Å². The van der Waals surface area contributed by atoms with Gasteiger partial charge in [-0.2, -0.15) is 0 Å². The maximum absolute atomic E-state index is 12.4. The number of ketones is 1. The Labute approximate surface area is 175 Å². The number of amides is 2.